The summed E-state index contributed by atoms with van der Waals surface area (Å²) in [7, 11) is -3.35. The van der Waals surface area contributed by atoms with Crippen LogP contribution in [0.2, 0.25) is 0 Å². The van der Waals surface area contributed by atoms with Gasteiger partial charge in [0.25, 0.3) is 0 Å². The zero-order valence-electron chi connectivity index (χ0n) is 15.3. The molecule has 140 valence electrons. The minimum absolute atomic E-state index is 0.147. The third-order valence-corrected chi connectivity index (χ3v) is 5.43. The van der Waals surface area contributed by atoms with Crippen molar-refractivity contribution in [3.63, 3.8) is 0 Å². The topological polar surface area (TPSA) is 66.5 Å². The number of amides is 1. The molecule has 0 radical (unpaired) electrons. The smallest absolute Gasteiger partial charge is 0.221 e. The van der Waals surface area contributed by atoms with Gasteiger partial charge in [-0.15, -0.1) is 0 Å². The summed E-state index contributed by atoms with van der Waals surface area (Å²) in [5, 5.41) is 2.85. The second-order valence-electron chi connectivity index (χ2n) is 6.41. The van der Waals surface area contributed by atoms with Crippen LogP contribution in [0.15, 0.2) is 54.6 Å². The molecule has 0 aliphatic carbocycles. The van der Waals surface area contributed by atoms with Gasteiger partial charge in [-0.05, 0) is 24.5 Å². The van der Waals surface area contributed by atoms with E-state index in [2.05, 4.69) is 5.32 Å². The Morgan fingerprint density at radius 3 is 2.35 bits per heavy atom. The molecule has 0 saturated heterocycles. The van der Waals surface area contributed by atoms with Gasteiger partial charge in [-0.25, -0.2) is 12.7 Å². The van der Waals surface area contributed by atoms with Crippen molar-refractivity contribution in [1.82, 2.24) is 9.62 Å². The first-order valence-corrected chi connectivity index (χ1v) is 10.5. The number of rotatable bonds is 9. The van der Waals surface area contributed by atoms with E-state index in [9.17, 15) is 13.2 Å². The largest absolute Gasteiger partial charge is 0.352 e. The van der Waals surface area contributed by atoms with Crippen LogP contribution >= 0.6 is 0 Å². The van der Waals surface area contributed by atoms with Gasteiger partial charge < -0.3 is 5.32 Å². The molecule has 1 amide bonds. The van der Waals surface area contributed by atoms with E-state index in [1.165, 1.54) is 10.6 Å². The van der Waals surface area contributed by atoms with E-state index in [4.69, 9.17) is 0 Å². The molecule has 0 aliphatic rings. The first kappa shape index (κ1) is 20.1. The maximum Gasteiger partial charge on any atom is 0.221 e. The van der Waals surface area contributed by atoms with Crippen molar-refractivity contribution in [3.8, 4) is 0 Å². The monoisotopic (exact) mass is 374 g/mol. The van der Waals surface area contributed by atoms with Crippen LogP contribution in [0.5, 0.6) is 0 Å². The Balaban J connectivity index is 1.83. The highest BCUT2D eigenvalue weighted by atomic mass is 32.2. The average molecular weight is 375 g/mol. The molecule has 0 saturated carbocycles. The molecule has 0 aliphatic heterocycles. The Labute approximate surface area is 156 Å². The Kier molecular flexibility index (Phi) is 7.36. The number of benzene rings is 2. The Hall–Kier alpha value is -2.18. The van der Waals surface area contributed by atoms with Crippen LogP contribution in [0.3, 0.4) is 0 Å². The van der Waals surface area contributed by atoms with Gasteiger partial charge in [-0.3, -0.25) is 4.79 Å². The predicted molar refractivity (Wildman–Crippen MR) is 104 cm³/mol. The van der Waals surface area contributed by atoms with Crippen LogP contribution in [-0.2, 0) is 27.8 Å². The minimum atomic E-state index is -3.35. The number of nitrogens with one attached hydrogen (secondary N) is 1. The molecule has 6 heteroatoms. The summed E-state index contributed by atoms with van der Waals surface area (Å²) in [6.45, 7) is 3.00. The lowest BCUT2D eigenvalue weighted by molar-refractivity contribution is -0.121. The summed E-state index contributed by atoms with van der Waals surface area (Å²) >= 11 is 0. The number of hydrogen-bond acceptors (Lipinski definition) is 3. The molecule has 26 heavy (non-hydrogen) atoms. The van der Waals surface area contributed by atoms with E-state index >= 15 is 0 Å². The normalized spacial score (nSPS) is 11.5. The van der Waals surface area contributed by atoms with Crippen LogP contribution in [-0.4, -0.2) is 38.0 Å². The summed E-state index contributed by atoms with van der Waals surface area (Å²) in [5.74, 6) is -0.153. The number of carbonyl (C=O) groups excluding carboxylic acids is 1. The second-order valence-corrected chi connectivity index (χ2v) is 8.40. The van der Waals surface area contributed by atoms with Crippen molar-refractivity contribution in [3.05, 3.63) is 71.3 Å². The molecule has 0 fully saturated rings. The molecule has 0 unspecified atom stereocenters. The summed E-state index contributed by atoms with van der Waals surface area (Å²) in [5.41, 5.74) is 3.24. The minimum Gasteiger partial charge on any atom is -0.352 e. The lowest BCUT2D eigenvalue weighted by atomic mass is 10.1. The van der Waals surface area contributed by atoms with Crippen molar-refractivity contribution in [2.24, 2.45) is 0 Å². The van der Waals surface area contributed by atoms with Crippen LogP contribution < -0.4 is 5.32 Å². The highest BCUT2D eigenvalue weighted by molar-refractivity contribution is 7.88. The van der Waals surface area contributed by atoms with E-state index in [1.54, 1.807) is 0 Å². The van der Waals surface area contributed by atoms with Crippen molar-refractivity contribution in [2.75, 3.05) is 19.3 Å². The number of aryl methyl sites for hydroxylation is 1. The molecular weight excluding hydrogens is 348 g/mol. The maximum absolute atomic E-state index is 12.1. The van der Waals surface area contributed by atoms with Gasteiger partial charge in [0.15, 0.2) is 0 Å². The predicted octanol–water partition coefficient (Wildman–Crippen LogP) is 2.51. The molecule has 1 N–H and O–H groups in total. The molecule has 5 nitrogen and oxygen atoms in total. The van der Waals surface area contributed by atoms with E-state index in [0.717, 1.165) is 16.7 Å². The number of hydrogen-bond donors (Lipinski definition) is 1. The lowest BCUT2D eigenvalue weighted by Crippen LogP contribution is -2.35. The molecule has 2 rings (SSSR count). The standard InChI is InChI=1S/C20H26N2O3S/c1-17-7-6-10-19(15-17)16-21-20(23)12-14-22(26(2,24)25)13-11-18-8-4-3-5-9-18/h3-10,15H,11-14,16H2,1-2H3,(H,21,23). The first-order valence-electron chi connectivity index (χ1n) is 8.66. The number of nitrogens with zero attached hydrogens (tertiary/aromatic N) is 1. The SMILES string of the molecule is Cc1cccc(CNC(=O)CCN(CCc2ccccc2)S(C)(=O)=O)c1. The Morgan fingerprint density at radius 1 is 1.00 bits per heavy atom. The van der Waals surface area contributed by atoms with Gasteiger partial charge in [0.2, 0.25) is 15.9 Å². The van der Waals surface area contributed by atoms with Gasteiger partial charge in [0.1, 0.15) is 0 Å². The lowest BCUT2D eigenvalue weighted by Gasteiger charge is -2.19. The molecule has 0 spiro atoms. The quantitative estimate of drug-likeness (QED) is 0.733. The van der Waals surface area contributed by atoms with Crippen LogP contribution in [0.1, 0.15) is 23.1 Å². The molecule has 0 bridgehead atoms. The average Bonchev–Trinajstić information content (AvgIpc) is 2.59. The number of carbonyl (C=O) groups is 1. The van der Waals surface area contributed by atoms with Crippen molar-refractivity contribution in [1.29, 1.82) is 0 Å². The van der Waals surface area contributed by atoms with Gasteiger partial charge in [0, 0.05) is 26.1 Å². The molecule has 0 aromatic heterocycles. The third-order valence-electron chi connectivity index (χ3n) is 4.12. The van der Waals surface area contributed by atoms with Crippen molar-refractivity contribution < 1.29 is 13.2 Å². The summed E-state index contributed by atoms with van der Waals surface area (Å²) in [6.07, 6.45) is 1.95. The van der Waals surface area contributed by atoms with Crippen LogP contribution in [0, 0.1) is 6.92 Å². The molecular formula is C20H26N2O3S. The van der Waals surface area contributed by atoms with Crippen LogP contribution in [0.25, 0.3) is 0 Å². The van der Waals surface area contributed by atoms with Crippen LogP contribution in [0.4, 0.5) is 0 Å². The van der Waals surface area contributed by atoms with Gasteiger partial charge in [-0.1, -0.05) is 60.2 Å². The number of sulfonamides is 1. The van der Waals surface area contributed by atoms with Gasteiger partial charge >= 0.3 is 0 Å². The van der Waals surface area contributed by atoms with Gasteiger partial charge in [0.05, 0.1) is 6.26 Å². The highest BCUT2D eigenvalue weighted by Gasteiger charge is 2.17. The highest BCUT2D eigenvalue weighted by Crippen LogP contribution is 2.06. The molecule has 0 atom stereocenters. The molecule has 0 heterocycles. The van der Waals surface area contributed by atoms with E-state index in [-0.39, 0.29) is 18.9 Å². The summed E-state index contributed by atoms with van der Waals surface area (Å²) < 4.78 is 25.3. The third kappa shape index (κ3) is 6.98. The van der Waals surface area contributed by atoms with E-state index in [0.29, 0.717) is 19.5 Å². The fraction of sp³-hybridized carbons (Fsp3) is 0.350. The molecule has 2 aromatic carbocycles. The van der Waals surface area contributed by atoms with E-state index < -0.39 is 10.0 Å². The second kappa shape index (κ2) is 9.50. The zero-order valence-corrected chi connectivity index (χ0v) is 16.1. The Bertz CT molecular complexity index is 820. The summed E-state index contributed by atoms with van der Waals surface area (Å²) in [6, 6.07) is 17.6. The van der Waals surface area contributed by atoms with Crippen molar-refractivity contribution >= 4 is 15.9 Å². The zero-order chi connectivity index (χ0) is 19.0. The van der Waals surface area contributed by atoms with Crippen molar-refractivity contribution in [2.45, 2.75) is 26.3 Å². The fourth-order valence-electron chi connectivity index (χ4n) is 2.68. The Morgan fingerprint density at radius 2 is 1.69 bits per heavy atom. The van der Waals surface area contributed by atoms with Gasteiger partial charge in [-0.2, -0.15) is 0 Å². The summed E-state index contributed by atoms with van der Waals surface area (Å²) in [4.78, 5) is 12.1. The fourth-order valence-corrected chi connectivity index (χ4v) is 3.53. The molecule has 2 aromatic rings. The first-order chi connectivity index (χ1) is 12.3. The van der Waals surface area contributed by atoms with E-state index in [1.807, 2.05) is 61.5 Å². The maximum atomic E-state index is 12.1.